The molecule has 0 aliphatic heterocycles. The fraction of sp³-hybridized carbons (Fsp3) is 0.889. The first-order valence-corrected chi connectivity index (χ1v) is 6.41. The SMILES string of the molecule is CSCC1CCC(NC(=O)NN)CC1. The second-order valence-corrected chi connectivity index (χ2v) is 4.70. The Bertz CT molecular complexity index is 181. The van der Waals surface area contributed by atoms with Crippen LogP contribution < -0.4 is 16.6 Å². The van der Waals surface area contributed by atoms with Gasteiger partial charge in [-0.2, -0.15) is 11.8 Å². The number of hydrogen-bond donors (Lipinski definition) is 3. The van der Waals surface area contributed by atoms with E-state index >= 15 is 0 Å². The van der Waals surface area contributed by atoms with Crippen molar-refractivity contribution in [3.05, 3.63) is 0 Å². The average molecular weight is 217 g/mol. The molecule has 5 heteroatoms. The number of nitrogens with two attached hydrogens (primary N) is 1. The second-order valence-electron chi connectivity index (χ2n) is 3.79. The van der Waals surface area contributed by atoms with Crippen molar-refractivity contribution in [2.24, 2.45) is 11.8 Å². The average Bonchev–Trinajstić information content (AvgIpc) is 2.21. The highest BCUT2D eigenvalue weighted by Gasteiger charge is 2.21. The number of carbonyl (C=O) groups excluding carboxylic acids is 1. The maximum atomic E-state index is 10.9. The van der Waals surface area contributed by atoms with Crippen LogP contribution in [0.3, 0.4) is 0 Å². The summed E-state index contributed by atoms with van der Waals surface area (Å²) >= 11 is 1.91. The zero-order valence-electron chi connectivity index (χ0n) is 8.58. The van der Waals surface area contributed by atoms with Crippen LogP contribution in [0, 0.1) is 5.92 Å². The molecule has 1 aliphatic rings. The first-order chi connectivity index (χ1) is 6.76. The van der Waals surface area contributed by atoms with Crippen LogP contribution in [-0.2, 0) is 0 Å². The van der Waals surface area contributed by atoms with Gasteiger partial charge < -0.3 is 5.32 Å². The topological polar surface area (TPSA) is 67.2 Å². The van der Waals surface area contributed by atoms with E-state index in [0.29, 0.717) is 6.04 Å². The van der Waals surface area contributed by atoms with Crippen LogP contribution in [0.15, 0.2) is 0 Å². The molecule has 14 heavy (non-hydrogen) atoms. The Labute approximate surface area is 89.3 Å². The molecule has 0 aromatic rings. The van der Waals surface area contributed by atoms with E-state index in [1.54, 1.807) is 0 Å². The molecular weight excluding hydrogens is 198 g/mol. The summed E-state index contributed by atoms with van der Waals surface area (Å²) in [4.78, 5) is 10.9. The number of nitrogens with one attached hydrogen (secondary N) is 2. The van der Waals surface area contributed by atoms with E-state index < -0.39 is 0 Å². The van der Waals surface area contributed by atoms with Crippen molar-refractivity contribution >= 4 is 17.8 Å². The van der Waals surface area contributed by atoms with Crippen LogP contribution in [0.5, 0.6) is 0 Å². The fourth-order valence-electron chi connectivity index (χ4n) is 1.94. The van der Waals surface area contributed by atoms with E-state index in [1.165, 1.54) is 18.6 Å². The fourth-order valence-corrected chi connectivity index (χ4v) is 2.74. The highest BCUT2D eigenvalue weighted by atomic mass is 32.2. The van der Waals surface area contributed by atoms with E-state index in [1.807, 2.05) is 11.8 Å². The Morgan fingerprint density at radius 2 is 2.07 bits per heavy atom. The first-order valence-electron chi connectivity index (χ1n) is 5.02. The zero-order valence-corrected chi connectivity index (χ0v) is 9.40. The molecule has 4 N–H and O–H groups in total. The molecule has 1 rings (SSSR count). The first kappa shape index (κ1) is 11.7. The Hall–Kier alpha value is -0.420. The molecule has 0 unspecified atom stereocenters. The van der Waals surface area contributed by atoms with Crippen molar-refractivity contribution in [2.75, 3.05) is 12.0 Å². The molecule has 1 fully saturated rings. The molecule has 0 spiro atoms. The number of rotatable bonds is 3. The van der Waals surface area contributed by atoms with Crippen molar-refractivity contribution < 1.29 is 4.79 Å². The molecule has 0 saturated heterocycles. The Morgan fingerprint density at radius 1 is 1.43 bits per heavy atom. The minimum Gasteiger partial charge on any atom is -0.334 e. The lowest BCUT2D eigenvalue weighted by Crippen LogP contribution is -2.46. The van der Waals surface area contributed by atoms with E-state index in [2.05, 4.69) is 17.0 Å². The predicted octanol–water partition coefficient (Wildman–Crippen LogP) is 1.08. The van der Waals surface area contributed by atoms with Crippen molar-refractivity contribution in [1.82, 2.24) is 10.7 Å². The number of hydrazine groups is 1. The monoisotopic (exact) mass is 217 g/mol. The molecule has 0 radical (unpaired) electrons. The van der Waals surface area contributed by atoms with E-state index in [4.69, 9.17) is 5.84 Å². The highest BCUT2D eigenvalue weighted by Crippen LogP contribution is 2.26. The number of amides is 2. The van der Waals surface area contributed by atoms with Gasteiger partial charge in [-0.25, -0.2) is 10.6 Å². The zero-order chi connectivity index (χ0) is 10.4. The largest absolute Gasteiger partial charge is 0.334 e. The predicted molar refractivity (Wildman–Crippen MR) is 60.0 cm³/mol. The summed E-state index contributed by atoms with van der Waals surface area (Å²) in [5.41, 5.74) is 2.09. The minimum atomic E-state index is -0.265. The maximum Gasteiger partial charge on any atom is 0.329 e. The van der Waals surface area contributed by atoms with Gasteiger partial charge in [-0.15, -0.1) is 0 Å². The van der Waals surface area contributed by atoms with Gasteiger partial charge in [0.05, 0.1) is 0 Å². The lowest BCUT2D eigenvalue weighted by Gasteiger charge is -2.28. The third-order valence-electron chi connectivity index (χ3n) is 2.72. The molecule has 4 nitrogen and oxygen atoms in total. The summed E-state index contributed by atoms with van der Waals surface area (Å²) in [6.45, 7) is 0. The number of carbonyl (C=O) groups is 1. The summed E-state index contributed by atoms with van der Waals surface area (Å²) in [6, 6.07) is 0.0509. The van der Waals surface area contributed by atoms with Gasteiger partial charge in [0.1, 0.15) is 0 Å². The molecule has 0 aromatic heterocycles. The van der Waals surface area contributed by atoms with Gasteiger partial charge in [0.15, 0.2) is 0 Å². The minimum absolute atomic E-state index is 0.265. The Morgan fingerprint density at radius 3 is 2.57 bits per heavy atom. The van der Waals surface area contributed by atoms with E-state index in [0.717, 1.165) is 18.8 Å². The van der Waals surface area contributed by atoms with E-state index in [9.17, 15) is 4.79 Å². The summed E-state index contributed by atoms with van der Waals surface area (Å²) < 4.78 is 0. The van der Waals surface area contributed by atoms with Gasteiger partial charge >= 0.3 is 6.03 Å². The highest BCUT2D eigenvalue weighted by molar-refractivity contribution is 7.98. The van der Waals surface area contributed by atoms with Crippen LogP contribution in [0.25, 0.3) is 0 Å². The lowest BCUT2D eigenvalue weighted by molar-refractivity contribution is 0.229. The number of urea groups is 1. The van der Waals surface area contributed by atoms with Crippen molar-refractivity contribution in [2.45, 2.75) is 31.7 Å². The summed E-state index contributed by atoms with van der Waals surface area (Å²) in [7, 11) is 0. The van der Waals surface area contributed by atoms with Crippen LogP contribution >= 0.6 is 11.8 Å². The van der Waals surface area contributed by atoms with Crippen molar-refractivity contribution in [3.63, 3.8) is 0 Å². The molecule has 0 atom stereocenters. The van der Waals surface area contributed by atoms with Crippen molar-refractivity contribution in [1.29, 1.82) is 0 Å². The van der Waals surface area contributed by atoms with Gasteiger partial charge in [-0.05, 0) is 43.6 Å². The molecular formula is C9H19N3OS. The van der Waals surface area contributed by atoms with Crippen LogP contribution in [0.1, 0.15) is 25.7 Å². The van der Waals surface area contributed by atoms with Crippen LogP contribution in [0.4, 0.5) is 4.79 Å². The van der Waals surface area contributed by atoms with Crippen LogP contribution in [-0.4, -0.2) is 24.1 Å². The van der Waals surface area contributed by atoms with Gasteiger partial charge in [0.2, 0.25) is 0 Å². The number of thioether (sulfide) groups is 1. The third kappa shape index (κ3) is 3.75. The Balaban J connectivity index is 2.18. The molecule has 82 valence electrons. The van der Waals surface area contributed by atoms with Crippen molar-refractivity contribution in [3.8, 4) is 0 Å². The quantitative estimate of drug-likeness (QED) is 0.376. The smallest absolute Gasteiger partial charge is 0.329 e. The molecule has 2 amide bonds. The molecule has 0 aromatic carbocycles. The van der Waals surface area contributed by atoms with Gasteiger partial charge in [0, 0.05) is 6.04 Å². The maximum absolute atomic E-state index is 10.9. The molecule has 1 saturated carbocycles. The van der Waals surface area contributed by atoms with Gasteiger partial charge in [0.25, 0.3) is 0 Å². The lowest BCUT2D eigenvalue weighted by atomic mass is 9.87. The molecule has 1 aliphatic carbocycles. The standard InChI is InChI=1S/C9H19N3OS/c1-14-6-7-2-4-8(5-3-7)11-9(13)12-10/h7-8H,2-6,10H2,1H3,(H2,11,12,13). The number of hydrogen-bond acceptors (Lipinski definition) is 3. The Kier molecular flexibility index (Phi) is 5.11. The summed E-state index contributed by atoms with van der Waals surface area (Å²) in [6.07, 6.45) is 6.75. The third-order valence-corrected chi connectivity index (χ3v) is 3.52. The van der Waals surface area contributed by atoms with Gasteiger partial charge in [-0.3, -0.25) is 5.43 Å². The van der Waals surface area contributed by atoms with E-state index in [-0.39, 0.29) is 6.03 Å². The second kappa shape index (κ2) is 6.14. The molecule has 0 heterocycles. The van der Waals surface area contributed by atoms with Crippen LogP contribution in [0.2, 0.25) is 0 Å². The molecule has 0 bridgehead atoms. The van der Waals surface area contributed by atoms with Gasteiger partial charge in [-0.1, -0.05) is 0 Å². The summed E-state index contributed by atoms with van der Waals surface area (Å²) in [5, 5.41) is 2.85. The summed E-state index contributed by atoms with van der Waals surface area (Å²) in [5.74, 6) is 7.08. The normalized spacial score (nSPS) is 27.0.